The summed E-state index contributed by atoms with van der Waals surface area (Å²) in [6.45, 7) is 1.38. The molecule has 0 amide bonds. The Kier molecular flexibility index (Phi) is 3.29. The highest BCUT2D eigenvalue weighted by atomic mass is 35.5. The summed E-state index contributed by atoms with van der Waals surface area (Å²) < 4.78 is 25.3. The number of aromatic nitrogens is 2. The molecule has 0 spiro atoms. The van der Waals surface area contributed by atoms with E-state index in [9.17, 15) is 18.5 Å². The number of hydrogen-bond acceptors (Lipinski definition) is 5. The van der Waals surface area contributed by atoms with Gasteiger partial charge in [0.2, 0.25) is 5.82 Å². The smallest absolute Gasteiger partial charge is 0.358 e. The molecule has 1 heterocycles. The van der Waals surface area contributed by atoms with E-state index >= 15 is 0 Å². The van der Waals surface area contributed by atoms with Crippen molar-refractivity contribution in [2.75, 3.05) is 0 Å². The summed E-state index contributed by atoms with van der Waals surface area (Å²) in [5.74, 6) is -0.503. The summed E-state index contributed by atoms with van der Waals surface area (Å²) >= 11 is 5.68. The third-order valence-corrected chi connectivity index (χ3v) is 4.39. The second-order valence-corrected chi connectivity index (χ2v) is 5.91. The van der Waals surface area contributed by atoms with Crippen LogP contribution in [0.1, 0.15) is 5.82 Å². The van der Waals surface area contributed by atoms with Gasteiger partial charge in [-0.1, -0.05) is 11.6 Å². The molecule has 0 aliphatic heterocycles. The first kappa shape index (κ1) is 13.5. The van der Waals surface area contributed by atoms with Crippen LogP contribution < -0.4 is 0 Å². The van der Waals surface area contributed by atoms with Gasteiger partial charge in [-0.15, -0.1) is 0 Å². The predicted octanol–water partition coefficient (Wildman–Crippen LogP) is 1.99. The van der Waals surface area contributed by atoms with Gasteiger partial charge < -0.3 is 10.1 Å². The minimum Gasteiger partial charge on any atom is -0.358 e. The molecular weight excluding hydrogens is 294 g/mol. The lowest BCUT2D eigenvalue weighted by molar-refractivity contribution is -0.389. The summed E-state index contributed by atoms with van der Waals surface area (Å²) in [5.41, 5.74) is 0. The molecule has 0 radical (unpaired) electrons. The normalized spacial score (nSPS) is 11.5. The topological polar surface area (TPSA) is 95.1 Å². The van der Waals surface area contributed by atoms with Gasteiger partial charge in [-0.2, -0.15) is 3.97 Å². The highest BCUT2D eigenvalue weighted by Crippen LogP contribution is 2.20. The highest BCUT2D eigenvalue weighted by molar-refractivity contribution is 7.90. The lowest BCUT2D eigenvalue weighted by Crippen LogP contribution is -2.13. The number of hydrogen-bond donors (Lipinski definition) is 0. The molecule has 9 heteroatoms. The third-order valence-electron chi connectivity index (χ3n) is 2.39. The largest absolute Gasteiger partial charge is 0.383 e. The van der Waals surface area contributed by atoms with Crippen LogP contribution in [0.25, 0.3) is 0 Å². The minimum absolute atomic E-state index is 0.0154. The minimum atomic E-state index is -3.91. The van der Waals surface area contributed by atoms with Crippen LogP contribution in [0.3, 0.4) is 0 Å². The molecule has 0 unspecified atom stereocenters. The predicted molar refractivity (Wildman–Crippen MR) is 67.7 cm³/mol. The molecule has 1 aromatic heterocycles. The van der Waals surface area contributed by atoms with E-state index < -0.39 is 20.8 Å². The van der Waals surface area contributed by atoms with E-state index in [1.807, 2.05) is 0 Å². The maximum Gasteiger partial charge on any atom is 0.383 e. The Morgan fingerprint density at radius 2 is 1.89 bits per heavy atom. The number of nitrogens with zero attached hydrogens (tertiary/aromatic N) is 3. The number of imidazole rings is 1. The number of aryl methyl sites for hydroxylation is 1. The van der Waals surface area contributed by atoms with Gasteiger partial charge in [-0.3, -0.25) is 0 Å². The molecule has 0 aliphatic rings. The zero-order valence-corrected chi connectivity index (χ0v) is 11.2. The Morgan fingerprint density at radius 3 is 2.37 bits per heavy atom. The quantitative estimate of drug-likeness (QED) is 0.638. The van der Waals surface area contributed by atoms with Crippen molar-refractivity contribution in [2.24, 2.45) is 0 Å². The number of nitro groups is 1. The molecule has 1 aromatic carbocycles. The van der Waals surface area contributed by atoms with Gasteiger partial charge in [-0.25, -0.2) is 8.42 Å². The molecule has 19 heavy (non-hydrogen) atoms. The Bertz CT molecular complexity index is 737. The van der Waals surface area contributed by atoms with Crippen LogP contribution in [0, 0.1) is 17.0 Å². The van der Waals surface area contributed by atoms with Gasteiger partial charge in [0.15, 0.2) is 0 Å². The van der Waals surface area contributed by atoms with E-state index in [0.29, 0.717) is 5.02 Å². The molecule has 0 fully saturated rings. The fourth-order valence-corrected chi connectivity index (χ4v) is 2.95. The van der Waals surface area contributed by atoms with E-state index in [4.69, 9.17) is 11.6 Å². The Balaban J connectivity index is 2.56. The monoisotopic (exact) mass is 301 g/mol. The van der Waals surface area contributed by atoms with Crippen LogP contribution in [0.15, 0.2) is 35.4 Å². The van der Waals surface area contributed by atoms with Crippen LogP contribution in [-0.2, 0) is 10.0 Å². The van der Waals surface area contributed by atoms with Crippen molar-refractivity contribution >= 4 is 27.4 Å². The summed E-state index contributed by atoms with van der Waals surface area (Å²) in [6.07, 6.45) is 0.874. The van der Waals surface area contributed by atoms with Gasteiger partial charge >= 0.3 is 5.82 Å². The fraction of sp³-hybridized carbons (Fsp3) is 0.100. The lowest BCUT2D eigenvalue weighted by atomic mass is 10.4. The van der Waals surface area contributed by atoms with E-state index in [-0.39, 0.29) is 10.7 Å². The average molecular weight is 302 g/mol. The molecule has 0 saturated carbocycles. The van der Waals surface area contributed by atoms with Crippen LogP contribution in [0.5, 0.6) is 0 Å². The molecule has 2 aromatic rings. The van der Waals surface area contributed by atoms with E-state index in [1.54, 1.807) is 0 Å². The summed E-state index contributed by atoms with van der Waals surface area (Å²) in [5, 5.41) is 11.0. The molecule has 0 atom stereocenters. The molecule has 2 rings (SSSR count). The highest BCUT2D eigenvalue weighted by Gasteiger charge is 2.25. The van der Waals surface area contributed by atoms with Crippen LogP contribution in [0.2, 0.25) is 5.02 Å². The Labute approximate surface area is 113 Å². The SMILES string of the molecule is Cc1nc([N+](=O)[O-])cn1S(=O)(=O)c1ccc(Cl)cc1. The van der Waals surface area contributed by atoms with Gasteiger partial charge in [0.25, 0.3) is 10.0 Å². The molecule has 100 valence electrons. The molecule has 7 nitrogen and oxygen atoms in total. The molecule has 0 N–H and O–H groups in total. The van der Waals surface area contributed by atoms with Gasteiger partial charge in [0.1, 0.15) is 6.20 Å². The summed E-state index contributed by atoms with van der Waals surface area (Å²) in [7, 11) is -3.91. The molecular formula is C10H8ClN3O4S. The van der Waals surface area contributed by atoms with Crippen molar-refractivity contribution in [3.63, 3.8) is 0 Å². The maximum absolute atomic E-state index is 12.3. The first-order valence-electron chi connectivity index (χ1n) is 5.04. The second-order valence-electron chi connectivity index (χ2n) is 3.66. The second kappa shape index (κ2) is 4.63. The lowest BCUT2D eigenvalue weighted by Gasteiger charge is -2.04. The zero-order chi connectivity index (χ0) is 14.2. The van der Waals surface area contributed by atoms with Crippen LogP contribution >= 0.6 is 11.6 Å². The summed E-state index contributed by atoms with van der Waals surface area (Å²) in [4.78, 5) is 13.4. The van der Waals surface area contributed by atoms with Crippen molar-refractivity contribution in [3.8, 4) is 0 Å². The Hall–Kier alpha value is -1.93. The van der Waals surface area contributed by atoms with Crippen LogP contribution in [0.4, 0.5) is 5.82 Å². The van der Waals surface area contributed by atoms with Crippen molar-refractivity contribution in [1.29, 1.82) is 0 Å². The van der Waals surface area contributed by atoms with E-state index in [2.05, 4.69) is 4.98 Å². The number of rotatable bonds is 3. The maximum atomic E-state index is 12.3. The third kappa shape index (κ3) is 2.45. The Morgan fingerprint density at radius 1 is 1.32 bits per heavy atom. The van der Waals surface area contributed by atoms with E-state index in [1.165, 1.54) is 31.2 Å². The van der Waals surface area contributed by atoms with Gasteiger partial charge in [0.05, 0.1) is 4.90 Å². The molecule has 0 saturated heterocycles. The van der Waals surface area contributed by atoms with Crippen molar-refractivity contribution < 1.29 is 13.3 Å². The molecule has 0 bridgehead atoms. The van der Waals surface area contributed by atoms with Crippen molar-refractivity contribution in [1.82, 2.24) is 8.96 Å². The standard InChI is InChI=1S/C10H8ClN3O4S/c1-7-12-10(14(15)16)6-13(7)19(17,18)9-4-2-8(11)3-5-9/h2-6H,1H3. The van der Waals surface area contributed by atoms with Crippen molar-refractivity contribution in [2.45, 2.75) is 11.8 Å². The number of halogens is 1. The fourth-order valence-electron chi connectivity index (χ4n) is 1.49. The molecule has 0 aliphatic carbocycles. The average Bonchev–Trinajstić information content (AvgIpc) is 2.73. The van der Waals surface area contributed by atoms with E-state index in [0.717, 1.165) is 10.2 Å². The number of benzene rings is 1. The van der Waals surface area contributed by atoms with Crippen molar-refractivity contribution in [3.05, 3.63) is 51.4 Å². The zero-order valence-electron chi connectivity index (χ0n) is 9.65. The van der Waals surface area contributed by atoms with Gasteiger partial charge in [0, 0.05) is 11.9 Å². The summed E-state index contributed by atoms with van der Waals surface area (Å²) in [6, 6.07) is 5.50. The first-order chi connectivity index (χ1) is 8.82. The first-order valence-corrected chi connectivity index (χ1v) is 6.85. The van der Waals surface area contributed by atoms with Crippen LogP contribution in [-0.4, -0.2) is 22.3 Å². The van der Waals surface area contributed by atoms with Gasteiger partial charge in [-0.05, 0) is 34.2 Å².